The number of unbranched alkanes of at least 4 members (excludes halogenated alkanes) is 32. The van der Waals surface area contributed by atoms with E-state index in [1.807, 2.05) is 33.3 Å². The average molecular weight is 1180 g/mol. The number of likely N-dealkylation sites (N-methyl/N-ethyl adjacent to an activating group) is 1. The van der Waals surface area contributed by atoms with Crippen LogP contribution in [0.3, 0.4) is 0 Å². The number of amides is 1. The summed E-state index contributed by atoms with van der Waals surface area (Å²) >= 11 is 0. The molecule has 1 amide bonds. The molecule has 3 atom stereocenters. The third-order valence-corrected chi connectivity index (χ3v) is 16.0. The Balaban J connectivity index is 5.07. The molecule has 0 aliphatic rings. The lowest BCUT2D eigenvalue weighted by molar-refractivity contribution is -0.870. The molecule has 3 unspecified atom stereocenters. The Labute approximate surface area is 513 Å². The smallest absolute Gasteiger partial charge is 0.456 e. The molecule has 83 heavy (non-hydrogen) atoms. The number of carbonyl (C=O) groups is 2. The first kappa shape index (κ1) is 79.9. The molecule has 9 nitrogen and oxygen atoms in total. The molecule has 0 saturated carbocycles. The Kier molecular flexibility index (Phi) is 59.7. The van der Waals surface area contributed by atoms with Crippen molar-refractivity contribution in [3.8, 4) is 0 Å². The topological polar surface area (TPSA) is 111 Å². The van der Waals surface area contributed by atoms with Crippen LogP contribution in [0.25, 0.3) is 0 Å². The van der Waals surface area contributed by atoms with Gasteiger partial charge in [-0.1, -0.05) is 272 Å². The molecule has 0 saturated heterocycles. The van der Waals surface area contributed by atoms with Crippen molar-refractivity contribution in [3.05, 3.63) is 97.2 Å². The van der Waals surface area contributed by atoms with Crippen molar-refractivity contribution in [2.24, 2.45) is 0 Å². The third-order valence-electron chi connectivity index (χ3n) is 15.0. The second kappa shape index (κ2) is 62.0. The highest BCUT2D eigenvalue weighted by molar-refractivity contribution is 7.47. The van der Waals surface area contributed by atoms with Crippen molar-refractivity contribution < 1.29 is 37.3 Å². The van der Waals surface area contributed by atoms with E-state index in [-0.39, 0.29) is 31.5 Å². The molecule has 0 aromatic rings. The zero-order valence-corrected chi connectivity index (χ0v) is 55.8. The summed E-state index contributed by atoms with van der Waals surface area (Å²) in [7, 11) is 1.48. The van der Waals surface area contributed by atoms with Gasteiger partial charge in [0.25, 0.3) is 0 Å². The molecular formula is C73H132N2O7P+. The number of nitrogens with zero attached hydrogens (tertiary/aromatic N) is 1. The minimum absolute atomic E-state index is 0.0335. The van der Waals surface area contributed by atoms with Gasteiger partial charge in [-0.2, -0.15) is 0 Å². The number of hydrogen-bond donors (Lipinski definition) is 2. The van der Waals surface area contributed by atoms with Crippen LogP contribution in [0.2, 0.25) is 0 Å². The molecule has 2 N–H and O–H groups in total. The molecule has 0 aromatic carbocycles. The second-order valence-electron chi connectivity index (χ2n) is 24.3. The van der Waals surface area contributed by atoms with Crippen LogP contribution in [0.5, 0.6) is 0 Å². The summed E-state index contributed by atoms with van der Waals surface area (Å²) in [5, 5.41) is 3.06. The number of phosphoric acid groups is 1. The Hall–Kier alpha value is -3.07. The fraction of sp³-hybridized carbons (Fsp3) is 0.753. The van der Waals surface area contributed by atoms with Gasteiger partial charge < -0.3 is 19.4 Å². The van der Waals surface area contributed by atoms with Crippen LogP contribution in [-0.2, 0) is 27.9 Å². The van der Waals surface area contributed by atoms with E-state index in [0.717, 1.165) is 103 Å². The summed E-state index contributed by atoms with van der Waals surface area (Å²) in [6, 6.07) is -0.861. The fourth-order valence-corrected chi connectivity index (χ4v) is 10.4. The summed E-state index contributed by atoms with van der Waals surface area (Å²) in [4.78, 5) is 37.8. The van der Waals surface area contributed by atoms with Crippen molar-refractivity contribution in [1.82, 2.24) is 5.32 Å². The second-order valence-corrected chi connectivity index (χ2v) is 25.8. The molecule has 0 fully saturated rings. The highest BCUT2D eigenvalue weighted by Crippen LogP contribution is 2.43. The molecule has 10 heteroatoms. The number of carbonyl (C=O) groups excluding carboxylic acids is 2. The lowest BCUT2D eigenvalue weighted by Gasteiger charge is -2.27. The number of hydrogen-bond acceptors (Lipinski definition) is 6. The number of allylic oxidation sites excluding steroid dienone is 15. The number of phosphoric ester groups is 1. The predicted molar refractivity (Wildman–Crippen MR) is 360 cm³/mol. The Bertz CT molecular complexity index is 1740. The number of rotatable bonds is 62. The van der Waals surface area contributed by atoms with Gasteiger partial charge in [-0.05, 0) is 115 Å². The van der Waals surface area contributed by atoms with Crippen molar-refractivity contribution in [2.45, 2.75) is 315 Å². The highest BCUT2D eigenvalue weighted by atomic mass is 31.2. The third kappa shape index (κ3) is 63.3. The zero-order chi connectivity index (χ0) is 60.7. The average Bonchev–Trinajstić information content (AvgIpc) is 3.51. The summed E-state index contributed by atoms with van der Waals surface area (Å²) in [5.74, 6) is -0.522. The first-order chi connectivity index (χ1) is 40.4. The first-order valence-electron chi connectivity index (χ1n) is 34.6. The van der Waals surface area contributed by atoms with Crippen LogP contribution >= 0.6 is 7.82 Å². The SMILES string of the molecule is CCCCC/C=C\C/C=C\C/C=C\C/C=C\CCCCCCCCCCCCCC(=O)NC(COP(=O)(O)OCC[N+](C)(C)C)C(/C=C\CCCCCCCCCCC)OC(=O)CCCCCCCC/C=C\C/C=C\C/C=C\CCCCC. The van der Waals surface area contributed by atoms with E-state index in [9.17, 15) is 19.0 Å². The van der Waals surface area contributed by atoms with Gasteiger partial charge >= 0.3 is 13.8 Å². The molecule has 0 aromatic heterocycles. The van der Waals surface area contributed by atoms with Crippen molar-refractivity contribution >= 4 is 19.7 Å². The molecule has 0 heterocycles. The van der Waals surface area contributed by atoms with Crippen LogP contribution in [0.15, 0.2) is 97.2 Å². The Morgan fingerprint density at radius 1 is 0.422 bits per heavy atom. The highest BCUT2D eigenvalue weighted by Gasteiger charge is 2.30. The molecule has 480 valence electrons. The van der Waals surface area contributed by atoms with Crippen molar-refractivity contribution in [3.63, 3.8) is 0 Å². The van der Waals surface area contributed by atoms with Crippen LogP contribution in [0.4, 0.5) is 0 Å². The van der Waals surface area contributed by atoms with Crippen molar-refractivity contribution in [2.75, 3.05) is 40.9 Å². The summed E-state index contributed by atoms with van der Waals surface area (Å²) in [5.41, 5.74) is 0. The molecular weight excluding hydrogens is 1050 g/mol. The number of nitrogens with one attached hydrogen (secondary N) is 1. The molecule has 0 radical (unpaired) electrons. The van der Waals surface area contributed by atoms with E-state index in [0.29, 0.717) is 17.4 Å². The molecule has 0 aliphatic heterocycles. The van der Waals surface area contributed by atoms with Gasteiger partial charge in [0.15, 0.2) is 0 Å². The maximum absolute atomic E-state index is 13.6. The minimum Gasteiger partial charge on any atom is -0.456 e. The molecule has 0 rings (SSSR count). The van der Waals surface area contributed by atoms with Gasteiger partial charge in [-0.15, -0.1) is 0 Å². The van der Waals surface area contributed by atoms with Crippen molar-refractivity contribution in [1.29, 1.82) is 0 Å². The lowest BCUT2D eigenvalue weighted by atomic mass is 10.0. The Morgan fingerprint density at radius 3 is 1.12 bits per heavy atom. The van der Waals surface area contributed by atoms with E-state index in [4.69, 9.17) is 13.8 Å². The number of ether oxygens (including phenoxy) is 1. The normalized spacial score (nSPS) is 14.2. The van der Waals surface area contributed by atoms with E-state index in [1.54, 1.807) is 0 Å². The van der Waals surface area contributed by atoms with Crippen LogP contribution in [0, 0.1) is 0 Å². The molecule has 0 spiro atoms. The standard InChI is InChI=1S/C73H131N2O7P/c1-7-10-13-16-19-22-25-27-29-31-33-34-35-36-37-38-39-40-42-43-45-47-50-53-56-59-62-65-72(76)74-70(69-81-83(78,79)80-68-67-75(4,5)6)71(64-61-58-55-52-49-24-21-18-15-12-9-3)82-73(77)66-63-60-57-54-51-48-46-44-41-32-30-28-26-23-20-17-14-11-8-2/h19-20,22-23,27-30,33-34,36-37,41,44,61,64,70-71H,7-18,21,24-26,31-32,35,38-40,42-43,45-60,62-63,65-69H2,1-6H3,(H-,74,76,78,79)/p+1/b22-19-,23-20-,29-27-,30-28-,34-33-,37-36-,44-41-,64-61-. The van der Waals surface area contributed by atoms with Gasteiger partial charge in [0.05, 0.1) is 33.8 Å². The van der Waals surface area contributed by atoms with Gasteiger partial charge in [0.2, 0.25) is 5.91 Å². The van der Waals surface area contributed by atoms with E-state index in [2.05, 4.69) is 111 Å². The summed E-state index contributed by atoms with van der Waals surface area (Å²) < 4.78 is 30.8. The zero-order valence-electron chi connectivity index (χ0n) is 54.9. The van der Waals surface area contributed by atoms with Gasteiger partial charge in [0.1, 0.15) is 19.3 Å². The van der Waals surface area contributed by atoms with E-state index >= 15 is 0 Å². The van der Waals surface area contributed by atoms with Crippen LogP contribution in [0.1, 0.15) is 303 Å². The quantitative estimate of drug-likeness (QED) is 0.0205. The summed E-state index contributed by atoms with van der Waals surface area (Å²) in [6.07, 6.45) is 84.1. The maximum Gasteiger partial charge on any atom is 0.472 e. The fourth-order valence-electron chi connectivity index (χ4n) is 9.64. The summed E-state index contributed by atoms with van der Waals surface area (Å²) in [6.45, 7) is 6.95. The van der Waals surface area contributed by atoms with E-state index in [1.165, 1.54) is 167 Å². The van der Waals surface area contributed by atoms with Gasteiger partial charge in [-0.25, -0.2) is 4.57 Å². The van der Waals surface area contributed by atoms with Crippen LogP contribution < -0.4 is 5.32 Å². The minimum atomic E-state index is -4.46. The first-order valence-corrected chi connectivity index (χ1v) is 36.1. The maximum atomic E-state index is 13.6. The van der Waals surface area contributed by atoms with Gasteiger partial charge in [-0.3, -0.25) is 18.6 Å². The predicted octanol–water partition coefficient (Wildman–Crippen LogP) is 21.9. The largest absolute Gasteiger partial charge is 0.472 e. The lowest BCUT2D eigenvalue weighted by Crippen LogP contribution is -2.47. The molecule has 0 aliphatic carbocycles. The monoisotopic (exact) mass is 1180 g/mol. The van der Waals surface area contributed by atoms with Crippen LogP contribution in [-0.4, -0.2) is 74.3 Å². The van der Waals surface area contributed by atoms with E-state index < -0.39 is 20.0 Å². The Morgan fingerprint density at radius 2 is 0.735 bits per heavy atom. The van der Waals surface area contributed by atoms with Gasteiger partial charge in [0, 0.05) is 12.8 Å². The molecule has 0 bridgehead atoms. The number of esters is 1. The number of quaternary nitrogens is 1.